The lowest BCUT2D eigenvalue weighted by Crippen LogP contribution is -2.51. The normalized spacial score (nSPS) is 19.8. The first-order valence-electron chi connectivity index (χ1n) is 8.81. The molecular formula is C19H25N3O3. The number of urea groups is 1. The van der Waals surface area contributed by atoms with Crippen LogP contribution in [0.25, 0.3) is 0 Å². The molecular weight excluding hydrogens is 318 g/mol. The summed E-state index contributed by atoms with van der Waals surface area (Å²) in [6.07, 6.45) is 7.04. The van der Waals surface area contributed by atoms with Gasteiger partial charge in [0.15, 0.2) is 0 Å². The van der Waals surface area contributed by atoms with Gasteiger partial charge in [-0.25, -0.2) is 4.79 Å². The minimum atomic E-state index is -0.157. The van der Waals surface area contributed by atoms with Gasteiger partial charge in [0.1, 0.15) is 5.75 Å². The van der Waals surface area contributed by atoms with Crippen molar-refractivity contribution in [2.75, 3.05) is 38.6 Å². The van der Waals surface area contributed by atoms with Crippen LogP contribution in [0.15, 0.2) is 36.4 Å². The second kappa shape index (κ2) is 8.05. The molecule has 0 radical (unpaired) electrons. The number of hydrogen-bond donors (Lipinski definition) is 1. The summed E-state index contributed by atoms with van der Waals surface area (Å²) in [6.45, 7) is 2.28. The molecule has 0 aromatic heterocycles. The Balaban J connectivity index is 1.49. The van der Waals surface area contributed by atoms with Gasteiger partial charge in [-0.2, -0.15) is 0 Å². The molecule has 6 heteroatoms. The summed E-state index contributed by atoms with van der Waals surface area (Å²) >= 11 is 0. The van der Waals surface area contributed by atoms with Gasteiger partial charge in [-0.3, -0.25) is 4.79 Å². The number of amides is 3. The van der Waals surface area contributed by atoms with E-state index in [1.165, 1.54) is 0 Å². The topological polar surface area (TPSA) is 61.9 Å². The maximum Gasteiger partial charge on any atom is 0.322 e. The Hall–Kier alpha value is -2.50. The third kappa shape index (κ3) is 4.32. The van der Waals surface area contributed by atoms with E-state index in [0.29, 0.717) is 50.0 Å². The average Bonchev–Trinajstić information content (AvgIpc) is 3.15. The van der Waals surface area contributed by atoms with E-state index in [4.69, 9.17) is 4.74 Å². The molecule has 1 aliphatic carbocycles. The number of piperazine rings is 1. The standard InChI is InChI=1S/C19H25N3O3/c1-25-17-9-5-4-8-16(17)20-19(24)22-12-10-21(11-13-22)18(23)14-15-6-2-3-7-15/h2,4-6,8-9,15H,3,7,10-14H2,1H3,(H,20,24)/t15-/m1/s1. The first-order chi connectivity index (χ1) is 12.2. The van der Waals surface area contributed by atoms with Gasteiger partial charge in [-0.15, -0.1) is 0 Å². The zero-order chi connectivity index (χ0) is 17.6. The molecule has 1 heterocycles. The van der Waals surface area contributed by atoms with E-state index >= 15 is 0 Å². The summed E-state index contributed by atoms with van der Waals surface area (Å²) in [7, 11) is 1.58. The number of rotatable bonds is 4. The molecule has 3 amide bonds. The lowest BCUT2D eigenvalue weighted by Gasteiger charge is -2.35. The van der Waals surface area contributed by atoms with E-state index < -0.39 is 0 Å². The van der Waals surface area contributed by atoms with Crippen LogP contribution in [0.1, 0.15) is 19.3 Å². The zero-order valence-electron chi connectivity index (χ0n) is 14.6. The predicted octanol–water partition coefficient (Wildman–Crippen LogP) is 2.73. The molecule has 1 aliphatic heterocycles. The second-order valence-electron chi connectivity index (χ2n) is 6.47. The van der Waals surface area contributed by atoms with Crippen LogP contribution in [0.3, 0.4) is 0 Å². The largest absolute Gasteiger partial charge is 0.495 e. The average molecular weight is 343 g/mol. The van der Waals surface area contributed by atoms with Gasteiger partial charge in [-0.1, -0.05) is 24.3 Å². The van der Waals surface area contributed by atoms with Crippen molar-refractivity contribution >= 4 is 17.6 Å². The molecule has 1 aromatic carbocycles. The van der Waals surface area contributed by atoms with Crippen LogP contribution in [0.5, 0.6) is 5.75 Å². The summed E-state index contributed by atoms with van der Waals surface area (Å²) < 4.78 is 5.25. The van der Waals surface area contributed by atoms with E-state index in [1.807, 2.05) is 29.2 Å². The van der Waals surface area contributed by atoms with Gasteiger partial charge in [0.05, 0.1) is 12.8 Å². The van der Waals surface area contributed by atoms with Gasteiger partial charge in [0, 0.05) is 32.6 Å². The summed E-state index contributed by atoms with van der Waals surface area (Å²) in [6, 6.07) is 7.18. The van der Waals surface area contributed by atoms with E-state index in [0.717, 1.165) is 12.8 Å². The smallest absolute Gasteiger partial charge is 0.322 e. The number of carbonyl (C=O) groups is 2. The van der Waals surface area contributed by atoms with Crippen LogP contribution >= 0.6 is 0 Å². The molecule has 1 saturated heterocycles. The number of ether oxygens (including phenoxy) is 1. The highest BCUT2D eigenvalue weighted by atomic mass is 16.5. The number of para-hydroxylation sites is 2. The van der Waals surface area contributed by atoms with E-state index in [1.54, 1.807) is 12.0 Å². The third-order valence-electron chi connectivity index (χ3n) is 4.82. The zero-order valence-corrected chi connectivity index (χ0v) is 14.6. The van der Waals surface area contributed by atoms with Crippen LogP contribution in [0.2, 0.25) is 0 Å². The monoisotopic (exact) mass is 343 g/mol. The minimum absolute atomic E-state index is 0.157. The number of hydrogen-bond acceptors (Lipinski definition) is 3. The molecule has 1 N–H and O–H groups in total. The van der Waals surface area contributed by atoms with Crippen LogP contribution in [0, 0.1) is 5.92 Å². The number of allylic oxidation sites excluding steroid dienone is 2. The maximum absolute atomic E-state index is 12.4. The van der Waals surface area contributed by atoms with Gasteiger partial charge < -0.3 is 19.9 Å². The fraction of sp³-hybridized carbons (Fsp3) is 0.474. The Labute approximate surface area is 148 Å². The number of nitrogens with zero attached hydrogens (tertiary/aromatic N) is 2. The minimum Gasteiger partial charge on any atom is -0.495 e. The first-order valence-corrected chi connectivity index (χ1v) is 8.81. The summed E-state index contributed by atoms with van der Waals surface area (Å²) in [4.78, 5) is 28.4. The molecule has 0 bridgehead atoms. The van der Waals surface area contributed by atoms with Gasteiger partial charge in [0.25, 0.3) is 0 Å². The molecule has 1 fully saturated rings. The first kappa shape index (κ1) is 17.3. The number of benzene rings is 1. The predicted molar refractivity (Wildman–Crippen MR) is 96.6 cm³/mol. The molecule has 25 heavy (non-hydrogen) atoms. The van der Waals surface area contributed by atoms with Crippen LogP contribution in [-0.4, -0.2) is 55.0 Å². The number of nitrogens with one attached hydrogen (secondary N) is 1. The molecule has 1 atom stereocenters. The fourth-order valence-corrected chi connectivity index (χ4v) is 3.32. The van der Waals surface area contributed by atoms with Crippen molar-refractivity contribution in [1.29, 1.82) is 0 Å². The van der Waals surface area contributed by atoms with Crippen molar-refractivity contribution in [2.24, 2.45) is 5.92 Å². The lowest BCUT2D eigenvalue weighted by atomic mass is 10.0. The highest BCUT2D eigenvalue weighted by Crippen LogP contribution is 2.24. The lowest BCUT2D eigenvalue weighted by molar-refractivity contribution is -0.133. The molecule has 3 rings (SSSR count). The van der Waals surface area contributed by atoms with Crippen molar-refractivity contribution in [2.45, 2.75) is 19.3 Å². The quantitative estimate of drug-likeness (QED) is 0.855. The fourth-order valence-electron chi connectivity index (χ4n) is 3.32. The van der Waals surface area contributed by atoms with Crippen LogP contribution in [0.4, 0.5) is 10.5 Å². The summed E-state index contributed by atoms with van der Waals surface area (Å²) in [5.74, 6) is 1.22. The molecule has 2 aliphatic rings. The van der Waals surface area contributed by atoms with Crippen molar-refractivity contribution in [3.8, 4) is 5.75 Å². The van der Waals surface area contributed by atoms with Gasteiger partial charge in [-0.05, 0) is 30.9 Å². The van der Waals surface area contributed by atoms with Crippen molar-refractivity contribution in [1.82, 2.24) is 9.80 Å². The second-order valence-corrected chi connectivity index (χ2v) is 6.47. The van der Waals surface area contributed by atoms with Crippen molar-refractivity contribution in [3.63, 3.8) is 0 Å². The number of anilines is 1. The number of carbonyl (C=O) groups excluding carboxylic acids is 2. The Morgan fingerprint density at radius 3 is 2.56 bits per heavy atom. The van der Waals surface area contributed by atoms with Crippen molar-refractivity contribution in [3.05, 3.63) is 36.4 Å². The van der Waals surface area contributed by atoms with E-state index in [-0.39, 0.29) is 11.9 Å². The maximum atomic E-state index is 12.4. The van der Waals surface area contributed by atoms with Gasteiger partial charge >= 0.3 is 6.03 Å². The molecule has 0 unspecified atom stereocenters. The Kier molecular flexibility index (Phi) is 5.58. The SMILES string of the molecule is COc1ccccc1NC(=O)N1CCN(C(=O)C[C@@H]2C=CCC2)CC1. The van der Waals surface area contributed by atoms with Gasteiger partial charge in [0.2, 0.25) is 5.91 Å². The molecule has 0 spiro atoms. The molecule has 1 aromatic rings. The number of methoxy groups -OCH3 is 1. The Morgan fingerprint density at radius 1 is 1.16 bits per heavy atom. The Bertz CT molecular complexity index is 651. The summed E-state index contributed by atoms with van der Waals surface area (Å²) in [5, 5.41) is 2.88. The van der Waals surface area contributed by atoms with Crippen LogP contribution in [-0.2, 0) is 4.79 Å². The highest BCUT2D eigenvalue weighted by molar-refractivity contribution is 5.91. The summed E-state index contributed by atoms with van der Waals surface area (Å²) in [5.41, 5.74) is 0.654. The Morgan fingerprint density at radius 2 is 1.88 bits per heavy atom. The van der Waals surface area contributed by atoms with E-state index in [9.17, 15) is 9.59 Å². The molecule has 134 valence electrons. The third-order valence-corrected chi connectivity index (χ3v) is 4.82. The highest BCUT2D eigenvalue weighted by Gasteiger charge is 2.26. The molecule has 0 saturated carbocycles. The molecule has 6 nitrogen and oxygen atoms in total. The van der Waals surface area contributed by atoms with E-state index in [2.05, 4.69) is 17.5 Å². The van der Waals surface area contributed by atoms with Crippen LogP contribution < -0.4 is 10.1 Å². The van der Waals surface area contributed by atoms with Crippen molar-refractivity contribution < 1.29 is 14.3 Å².